The molecule has 0 bridgehead atoms. The lowest BCUT2D eigenvalue weighted by atomic mass is 10.1. The van der Waals surface area contributed by atoms with Gasteiger partial charge in [0, 0.05) is 28.4 Å². The molecule has 0 saturated heterocycles. The molecule has 0 N–H and O–H groups in total. The molecule has 2 rings (SSSR count). The van der Waals surface area contributed by atoms with Crippen LogP contribution in [0.4, 0.5) is 0 Å². The van der Waals surface area contributed by atoms with Crippen LogP contribution in [-0.2, 0) is 0 Å². The fraction of sp³-hybridized carbons (Fsp3) is 0. The lowest BCUT2D eigenvalue weighted by Gasteiger charge is -1.98. The van der Waals surface area contributed by atoms with Crippen LogP contribution in [-0.4, -0.2) is 17.2 Å². The standard InChI is InChI=1S/C16H10Si2/c1-3-13-10-14(4-2)12-16(11-13)18-17-15-8-6-5-7-9-15/h5-12,17-18H. The predicted molar refractivity (Wildman–Crippen MR) is 78.9 cm³/mol. The van der Waals surface area contributed by atoms with E-state index < -0.39 is 0 Å². The van der Waals surface area contributed by atoms with Crippen molar-refractivity contribution < 1.29 is 0 Å². The second kappa shape index (κ2) is 6.07. The molecule has 0 aliphatic heterocycles. The van der Waals surface area contributed by atoms with E-state index >= 15 is 0 Å². The van der Waals surface area contributed by atoms with Gasteiger partial charge in [-0.2, -0.15) is 0 Å². The summed E-state index contributed by atoms with van der Waals surface area (Å²) >= 11 is 0. The summed E-state index contributed by atoms with van der Waals surface area (Å²) in [6.07, 6.45) is 14.4. The molecular weight excluding hydrogens is 248 g/mol. The minimum Gasteiger partial charge on any atom is -0.0623 e. The van der Waals surface area contributed by atoms with E-state index in [9.17, 15) is 0 Å². The van der Waals surface area contributed by atoms with Gasteiger partial charge in [0.1, 0.15) is 0 Å². The SMILES string of the molecule is [C]#Cc1cc(C#[C])cc([SiH]=[SiH]c2ccccc2)c1. The molecule has 0 fully saturated rings. The Labute approximate surface area is 112 Å². The molecule has 0 aliphatic carbocycles. The van der Waals surface area contributed by atoms with Crippen molar-refractivity contribution in [3.8, 4) is 11.8 Å². The molecular formula is C16H10Si2. The zero-order valence-corrected chi connectivity index (χ0v) is 12.1. The van der Waals surface area contributed by atoms with E-state index in [-0.39, 0.29) is 17.2 Å². The van der Waals surface area contributed by atoms with Crippen molar-refractivity contribution in [1.82, 2.24) is 0 Å². The topological polar surface area (TPSA) is 0 Å². The van der Waals surface area contributed by atoms with Gasteiger partial charge >= 0.3 is 0 Å². The fourth-order valence-electron chi connectivity index (χ4n) is 1.65. The van der Waals surface area contributed by atoms with Gasteiger partial charge in [0.15, 0.2) is 0 Å². The van der Waals surface area contributed by atoms with Gasteiger partial charge in [-0.05, 0) is 36.2 Å². The molecule has 2 radical (unpaired) electrons. The van der Waals surface area contributed by atoms with Crippen LogP contribution in [0.15, 0.2) is 48.5 Å². The van der Waals surface area contributed by atoms with Crippen LogP contribution in [0.5, 0.6) is 0 Å². The van der Waals surface area contributed by atoms with Crippen LogP contribution in [0.25, 0.3) is 0 Å². The minimum absolute atomic E-state index is 0.191. The monoisotopic (exact) mass is 258 g/mol. The lowest BCUT2D eigenvalue weighted by Crippen LogP contribution is -2.17. The first-order chi connectivity index (χ1) is 8.81. The Morgan fingerprint density at radius 3 is 1.83 bits per heavy atom. The molecule has 0 heterocycles. The van der Waals surface area contributed by atoms with Crippen molar-refractivity contribution in [3.05, 3.63) is 72.5 Å². The average Bonchev–Trinajstić information content (AvgIpc) is 2.45. The summed E-state index contributed by atoms with van der Waals surface area (Å²) in [5.74, 6) is 4.78. The zero-order valence-electron chi connectivity index (χ0n) is 9.77. The highest BCUT2D eigenvalue weighted by Gasteiger charge is 1.95. The van der Waals surface area contributed by atoms with Gasteiger partial charge in [-0.15, -0.1) is 0 Å². The summed E-state index contributed by atoms with van der Waals surface area (Å²) in [6.45, 7) is 0. The maximum absolute atomic E-state index is 7.19. The van der Waals surface area contributed by atoms with E-state index in [0.717, 1.165) is 11.1 Å². The van der Waals surface area contributed by atoms with Gasteiger partial charge in [0.2, 0.25) is 0 Å². The normalized spacial score (nSPS) is 9.89. The van der Waals surface area contributed by atoms with Gasteiger partial charge in [-0.25, -0.2) is 0 Å². The Morgan fingerprint density at radius 1 is 0.722 bits per heavy atom. The predicted octanol–water partition coefficient (Wildman–Crippen LogP) is 0.301. The molecule has 0 nitrogen and oxygen atoms in total. The largest absolute Gasteiger partial charge is 0.0623 e. The molecule has 0 aliphatic rings. The Kier molecular flexibility index (Phi) is 4.20. The first-order valence-electron chi connectivity index (χ1n) is 5.55. The third-order valence-electron chi connectivity index (χ3n) is 2.51. The Morgan fingerprint density at radius 2 is 1.28 bits per heavy atom. The van der Waals surface area contributed by atoms with Crippen LogP contribution in [0.1, 0.15) is 11.1 Å². The molecule has 0 aromatic heterocycles. The third kappa shape index (κ3) is 3.24. The Bertz CT molecular complexity index is 623. The number of hydrogen-bond acceptors (Lipinski definition) is 0. The van der Waals surface area contributed by atoms with Crippen LogP contribution in [0, 0.1) is 24.7 Å². The van der Waals surface area contributed by atoms with Crippen molar-refractivity contribution >= 4 is 27.6 Å². The van der Waals surface area contributed by atoms with Crippen LogP contribution in [0.2, 0.25) is 0 Å². The summed E-state index contributed by atoms with van der Waals surface area (Å²) in [7, 11) is 0.457. The second-order valence-corrected chi connectivity index (χ2v) is 7.84. The first kappa shape index (κ1) is 12.5. The van der Waals surface area contributed by atoms with Crippen LogP contribution < -0.4 is 10.4 Å². The van der Waals surface area contributed by atoms with E-state index in [1.807, 2.05) is 18.2 Å². The van der Waals surface area contributed by atoms with Gasteiger partial charge in [0.05, 0.1) is 0 Å². The summed E-state index contributed by atoms with van der Waals surface area (Å²) < 4.78 is 0. The highest BCUT2D eigenvalue weighted by atomic mass is 28.9. The highest BCUT2D eigenvalue weighted by molar-refractivity contribution is 6.88. The van der Waals surface area contributed by atoms with E-state index in [1.54, 1.807) is 6.07 Å². The number of benzene rings is 2. The lowest BCUT2D eigenvalue weighted by molar-refractivity contribution is 1.64. The minimum atomic E-state index is 0.191. The maximum Gasteiger partial charge on any atom is 0.0269 e. The fourth-order valence-corrected chi connectivity index (χ4v) is 5.43. The third-order valence-corrected chi connectivity index (χ3v) is 6.98. The van der Waals surface area contributed by atoms with Gasteiger partial charge in [-0.3, -0.25) is 0 Å². The van der Waals surface area contributed by atoms with Gasteiger partial charge in [0.25, 0.3) is 0 Å². The molecule has 0 unspecified atom stereocenters. The van der Waals surface area contributed by atoms with Crippen LogP contribution in [0.3, 0.4) is 0 Å². The summed E-state index contributed by atoms with van der Waals surface area (Å²) in [6, 6.07) is 16.3. The molecule has 0 atom stereocenters. The summed E-state index contributed by atoms with van der Waals surface area (Å²) in [5, 5.41) is 2.65. The van der Waals surface area contributed by atoms with E-state index in [1.165, 1.54) is 10.4 Å². The molecule has 82 valence electrons. The van der Waals surface area contributed by atoms with Crippen molar-refractivity contribution in [2.75, 3.05) is 0 Å². The van der Waals surface area contributed by atoms with E-state index in [2.05, 4.69) is 36.1 Å². The molecule has 2 aromatic rings. The molecule has 2 aromatic carbocycles. The van der Waals surface area contributed by atoms with E-state index in [0.29, 0.717) is 0 Å². The molecule has 0 spiro atoms. The Balaban J connectivity index is 2.33. The van der Waals surface area contributed by atoms with Crippen molar-refractivity contribution in [2.45, 2.75) is 0 Å². The first-order valence-corrected chi connectivity index (χ1v) is 9.37. The van der Waals surface area contributed by atoms with Crippen molar-refractivity contribution in [3.63, 3.8) is 0 Å². The van der Waals surface area contributed by atoms with Crippen molar-refractivity contribution in [1.29, 1.82) is 0 Å². The molecule has 2 heteroatoms. The molecule has 0 saturated carbocycles. The molecule has 0 amide bonds. The summed E-state index contributed by atoms with van der Waals surface area (Å²) in [4.78, 5) is 0. The highest BCUT2D eigenvalue weighted by Crippen LogP contribution is 1.99. The zero-order chi connectivity index (χ0) is 12.8. The number of rotatable bonds is 2. The number of hydrogen-bond donors (Lipinski definition) is 0. The quantitative estimate of drug-likeness (QED) is 0.537. The second-order valence-electron chi connectivity index (χ2n) is 3.84. The smallest absolute Gasteiger partial charge is 0.0269 e. The van der Waals surface area contributed by atoms with Crippen LogP contribution >= 0.6 is 0 Å². The Hall–Kier alpha value is -2.01. The van der Waals surface area contributed by atoms with E-state index in [4.69, 9.17) is 12.8 Å². The maximum atomic E-state index is 7.19. The summed E-state index contributed by atoms with van der Waals surface area (Å²) in [5.41, 5.74) is 1.48. The average molecular weight is 258 g/mol. The van der Waals surface area contributed by atoms with Crippen molar-refractivity contribution in [2.24, 2.45) is 0 Å². The van der Waals surface area contributed by atoms with Gasteiger partial charge < -0.3 is 0 Å². The molecule has 18 heavy (non-hydrogen) atoms. The van der Waals surface area contributed by atoms with Gasteiger partial charge in [-0.1, -0.05) is 47.4 Å².